The predicted octanol–water partition coefficient (Wildman–Crippen LogP) is 7.50. The number of nitrogens with one attached hydrogen (secondary N) is 1. The molecule has 1 aromatic heterocycles. The number of piperidine rings is 1. The Hall–Kier alpha value is -3.64. The lowest BCUT2D eigenvalue weighted by molar-refractivity contribution is 0.220. The number of phenolic OH excluding ortho intramolecular Hbond substituents is 1. The number of hydrogen-bond acceptors (Lipinski definition) is 4. The Bertz CT molecular complexity index is 1640. The standard InChI is InChI=1S/C34H33ClN4O/c1-38-16-14-24(15-17-38)22-6-8-23(9-7-22)25-10-11-26-20-39(21-27(26)18-25)33(29-19-28(35)12-13-32(29)40)34-36-30-4-2-3-5-31(30)37-34/h2-13,18-19,24,33,40H,14-17,20-21H2,1H3,(H,36,37). The first kappa shape index (κ1) is 25.3. The molecule has 0 bridgehead atoms. The maximum absolute atomic E-state index is 10.9. The van der Waals surface area contributed by atoms with E-state index in [1.165, 1.54) is 53.7 Å². The molecule has 1 unspecified atom stereocenters. The van der Waals surface area contributed by atoms with Gasteiger partial charge in [0.2, 0.25) is 0 Å². The van der Waals surface area contributed by atoms with Crippen LogP contribution in [0.25, 0.3) is 22.2 Å². The zero-order valence-electron chi connectivity index (χ0n) is 22.6. The van der Waals surface area contributed by atoms with Crippen molar-refractivity contribution in [3.05, 3.63) is 118 Å². The highest BCUT2D eigenvalue weighted by molar-refractivity contribution is 6.30. The quantitative estimate of drug-likeness (QED) is 0.239. The Labute approximate surface area is 240 Å². The topological polar surface area (TPSA) is 55.4 Å². The van der Waals surface area contributed by atoms with Crippen molar-refractivity contribution >= 4 is 22.6 Å². The number of phenols is 1. The molecule has 4 aromatic carbocycles. The minimum Gasteiger partial charge on any atom is -0.508 e. The predicted molar refractivity (Wildman–Crippen MR) is 162 cm³/mol. The summed E-state index contributed by atoms with van der Waals surface area (Å²) in [5.74, 6) is 1.68. The van der Waals surface area contributed by atoms with Gasteiger partial charge in [0.25, 0.3) is 0 Å². The first-order valence-electron chi connectivity index (χ1n) is 14.1. The number of nitrogens with zero attached hydrogens (tertiary/aromatic N) is 3. The molecule has 5 aromatic rings. The van der Waals surface area contributed by atoms with E-state index in [1.807, 2.05) is 30.3 Å². The van der Waals surface area contributed by atoms with Crippen molar-refractivity contribution in [3.63, 3.8) is 0 Å². The minimum atomic E-state index is -0.268. The molecule has 0 aliphatic carbocycles. The Kier molecular flexibility index (Phi) is 6.59. The van der Waals surface area contributed by atoms with E-state index in [2.05, 4.69) is 64.3 Å². The van der Waals surface area contributed by atoms with E-state index in [4.69, 9.17) is 16.6 Å². The Morgan fingerprint density at radius 2 is 1.62 bits per heavy atom. The molecule has 6 heteroatoms. The van der Waals surface area contributed by atoms with Gasteiger partial charge in [-0.05, 0) is 103 Å². The van der Waals surface area contributed by atoms with Crippen LogP contribution < -0.4 is 0 Å². The minimum absolute atomic E-state index is 0.219. The van der Waals surface area contributed by atoms with Gasteiger partial charge in [0.1, 0.15) is 11.6 Å². The van der Waals surface area contributed by atoms with Crippen molar-refractivity contribution in [2.75, 3.05) is 20.1 Å². The van der Waals surface area contributed by atoms with Crippen LogP contribution >= 0.6 is 11.6 Å². The van der Waals surface area contributed by atoms with Crippen molar-refractivity contribution in [3.8, 4) is 16.9 Å². The van der Waals surface area contributed by atoms with E-state index >= 15 is 0 Å². The van der Waals surface area contributed by atoms with E-state index in [0.29, 0.717) is 10.9 Å². The van der Waals surface area contributed by atoms with Crippen molar-refractivity contribution in [2.24, 2.45) is 0 Å². The van der Waals surface area contributed by atoms with Gasteiger partial charge in [0.15, 0.2) is 0 Å². The van der Waals surface area contributed by atoms with Gasteiger partial charge >= 0.3 is 0 Å². The van der Waals surface area contributed by atoms with Crippen LogP contribution in [0.2, 0.25) is 5.02 Å². The molecule has 5 nitrogen and oxygen atoms in total. The van der Waals surface area contributed by atoms with Gasteiger partial charge in [0, 0.05) is 23.7 Å². The molecule has 2 N–H and O–H groups in total. The molecule has 2 aliphatic heterocycles. The van der Waals surface area contributed by atoms with E-state index in [1.54, 1.807) is 12.1 Å². The normalized spacial score (nSPS) is 17.4. The van der Waals surface area contributed by atoms with Gasteiger partial charge in [-0.3, -0.25) is 4.90 Å². The van der Waals surface area contributed by atoms with Crippen LogP contribution in [0.3, 0.4) is 0 Å². The molecule has 202 valence electrons. The molecular formula is C34H33ClN4O. The van der Waals surface area contributed by atoms with Crippen molar-refractivity contribution in [1.29, 1.82) is 0 Å². The van der Waals surface area contributed by atoms with E-state index in [0.717, 1.165) is 35.5 Å². The van der Waals surface area contributed by atoms with Crippen molar-refractivity contribution in [2.45, 2.75) is 37.9 Å². The fourth-order valence-electron chi connectivity index (χ4n) is 6.44. The third-order valence-corrected chi connectivity index (χ3v) is 8.94. The number of aromatic nitrogens is 2. The lowest BCUT2D eigenvalue weighted by atomic mass is 9.88. The number of imidazole rings is 1. The highest BCUT2D eigenvalue weighted by atomic mass is 35.5. The summed E-state index contributed by atoms with van der Waals surface area (Å²) < 4.78 is 0. The average molecular weight is 549 g/mol. The molecule has 1 fully saturated rings. The monoisotopic (exact) mass is 548 g/mol. The van der Waals surface area contributed by atoms with Crippen LogP contribution in [0, 0.1) is 0 Å². The summed E-state index contributed by atoms with van der Waals surface area (Å²) in [7, 11) is 2.21. The number of fused-ring (bicyclic) bond motifs is 2. The Balaban J connectivity index is 1.18. The smallest absolute Gasteiger partial charge is 0.129 e. The maximum atomic E-state index is 10.9. The summed E-state index contributed by atoms with van der Waals surface area (Å²) in [6, 6.07) is 29.0. The summed E-state index contributed by atoms with van der Waals surface area (Å²) in [5, 5.41) is 11.5. The fraction of sp³-hybridized carbons (Fsp3) is 0.265. The van der Waals surface area contributed by atoms with Crippen LogP contribution in [-0.4, -0.2) is 45.0 Å². The maximum Gasteiger partial charge on any atom is 0.129 e. The second kappa shape index (κ2) is 10.4. The highest BCUT2D eigenvalue weighted by Gasteiger charge is 2.32. The number of aromatic amines is 1. The molecule has 0 spiro atoms. The van der Waals surface area contributed by atoms with Gasteiger partial charge in [-0.25, -0.2) is 4.98 Å². The number of para-hydroxylation sites is 2. The molecule has 0 saturated carbocycles. The first-order chi connectivity index (χ1) is 19.5. The third kappa shape index (κ3) is 4.79. The van der Waals surface area contributed by atoms with Gasteiger partial charge < -0.3 is 15.0 Å². The summed E-state index contributed by atoms with van der Waals surface area (Å²) >= 11 is 6.42. The van der Waals surface area contributed by atoms with Gasteiger partial charge in [-0.1, -0.05) is 60.1 Å². The molecule has 0 radical (unpaired) electrons. The molecule has 7 rings (SSSR count). The number of aromatic hydroxyl groups is 1. The van der Waals surface area contributed by atoms with E-state index < -0.39 is 0 Å². The molecule has 0 amide bonds. The molecule has 40 heavy (non-hydrogen) atoms. The Morgan fingerprint density at radius 1 is 0.875 bits per heavy atom. The van der Waals surface area contributed by atoms with Gasteiger partial charge in [-0.15, -0.1) is 0 Å². The van der Waals surface area contributed by atoms with Crippen LogP contribution in [0.15, 0.2) is 84.9 Å². The van der Waals surface area contributed by atoms with Crippen molar-refractivity contribution < 1.29 is 5.11 Å². The second-order valence-corrected chi connectivity index (χ2v) is 11.8. The van der Waals surface area contributed by atoms with Gasteiger partial charge in [0.05, 0.1) is 17.1 Å². The summed E-state index contributed by atoms with van der Waals surface area (Å²) in [5.41, 5.74) is 9.19. The molecule has 1 saturated heterocycles. The number of rotatable bonds is 5. The second-order valence-electron chi connectivity index (χ2n) is 11.3. The number of hydrogen-bond donors (Lipinski definition) is 2. The van der Waals surface area contributed by atoms with Crippen LogP contribution in [0.4, 0.5) is 0 Å². The zero-order valence-corrected chi connectivity index (χ0v) is 23.4. The van der Waals surface area contributed by atoms with Crippen LogP contribution in [0.1, 0.15) is 52.9 Å². The zero-order chi connectivity index (χ0) is 27.2. The number of halogens is 1. The first-order valence-corrected chi connectivity index (χ1v) is 14.5. The fourth-order valence-corrected chi connectivity index (χ4v) is 6.62. The SMILES string of the molecule is CN1CCC(c2ccc(-c3ccc4c(c3)CN(C(c3nc5ccccc5[nH]3)c3cc(Cl)ccc3O)C4)cc2)CC1. The third-order valence-electron chi connectivity index (χ3n) is 8.70. The van der Waals surface area contributed by atoms with E-state index in [-0.39, 0.29) is 11.8 Å². The lowest BCUT2D eigenvalue weighted by Crippen LogP contribution is -2.29. The van der Waals surface area contributed by atoms with Crippen LogP contribution in [-0.2, 0) is 13.1 Å². The Morgan fingerprint density at radius 3 is 2.42 bits per heavy atom. The van der Waals surface area contributed by atoms with Gasteiger partial charge in [-0.2, -0.15) is 0 Å². The number of H-pyrrole nitrogens is 1. The van der Waals surface area contributed by atoms with Crippen molar-refractivity contribution in [1.82, 2.24) is 19.8 Å². The average Bonchev–Trinajstić information content (AvgIpc) is 3.59. The molecule has 1 atom stereocenters. The summed E-state index contributed by atoms with van der Waals surface area (Å²) in [4.78, 5) is 13.2. The molecular weight excluding hydrogens is 516 g/mol. The largest absolute Gasteiger partial charge is 0.508 e. The number of benzene rings is 4. The lowest BCUT2D eigenvalue weighted by Gasteiger charge is -2.29. The molecule has 2 aliphatic rings. The summed E-state index contributed by atoms with van der Waals surface area (Å²) in [6.45, 7) is 3.87. The molecule has 3 heterocycles. The van der Waals surface area contributed by atoms with E-state index in [9.17, 15) is 5.11 Å². The highest BCUT2D eigenvalue weighted by Crippen LogP contribution is 2.41. The number of likely N-dealkylation sites (tertiary alicyclic amines) is 1. The van der Waals surface area contributed by atoms with Crippen LogP contribution in [0.5, 0.6) is 5.75 Å². The summed E-state index contributed by atoms with van der Waals surface area (Å²) in [6.07, 6.45) is 2.47.